The number of halogens is 2. The van der Waals surface area contributed by atoms with Gasteiger partial charge in [-0.1, -0.05) is 23.2 Å². The van der Waals surface area contributed by atoms with Crippen LogP contribution in [0.15, 0.2) is 35.4 Å². The Morgan fingerprint density at radius 1 is 1.29 bits per heavy atom. The molecule has 2 aromatic rings. The summed E-state index contributed by atoms with van der Waals surface area (Å²) in [6.07, 6.45) is 1.90. The number of hydrogen-bond acceptors (Lipinski definition) is 4. The standard InChI is InChI=1S/C17H14Cl2N2O3/c1-17(2)16(23)14(21-7-11(18)15(22)12(19)8-21)10-5-9(6-20)3-4-13(10)24-17/h3-5,7-8,14,16,23H,1-2H3/t14?,16-/m0/s1. The van der Waals surface area contributed by atoms with E-state index in [1.807, 2.05) is 0 Å². The van der Waals surface area contributed by atoms with E-state index in [4.69, 9.17) is 33.2 Å². The number of hydrogen-bond donors (Lipinski definition) is 1. The Balaban J connectivity index is 2.26. The first-order valence-corrected chi connectivity index (χ1v) is 7.98. The molecular weight excluding hydrogens is 351 g/mol. The highest BCUT2D eigenvalue weighted by atomic mass is 35.5. The lowest BCUT2D eigenvalue weighted by atomic mass is 9.85. The number of nitriles is 1. The third-order valence-electron chi connectivity index (χ3n) is 4.12. The van der Waals surface area contributed by atoms with Gasteiger partial charge in [0.25, 0.3) is 0 Å². The maximum absolute atomic E-state index is 11.8. The van der Waals surface area contributed by atoms with E-state index < -0.39 is 23.2 Å². The Labute approximate surface area is 148 Å². The minimum Gasteiger partial charge on any atom is -0.485 e. The second kappa shape index (κ2) is 5.82. The molecule has 3 rings (SSSR count). The first-order chi connectivity index (χ1) is 11.2. The molecule has 1 unspecified atom stereocenters. The molecule has 2 atom stereocenters. The van der Waals surface area contributed by atoms with Gasteiger partial charge in [0.15, 0.2) is 0 Å². The molecule has 5 nitrogen and oxygen atoms in total. The average molecular weight is 365 g/mol. The fraction of sp³-hybridized carbons (Fsp3) is 0.294. The highest BCUT2D eigenvalue weighted by Gasteiger charge is 2.43. The van der Waals surface area contributed by atoms with E-state index in [1.165, 1.54) is 12.4 Å². The number of ether oxygens (including phenoxy) is 1. The number of pyridine rings is 1. The summed E-state index contributed by atoms with van der Waals surface area (Å²) in [6.45, 7) is 3.52. The van der Waals surface area contributed by atoms with Crippen molar-refractivity contribution < 1.29 is 9.84 Å². The van der Waals surface area contributed by atoms with Crippen LogP contribution in [0.5, 0.6) is 5.75 Å². The second-order valence-corrected chi connectivity index (χ2v) is 7.00. The number of rotatable bonds is 1. The van der Waals surface area contributed by atoms with Crippen LogP contribution in [0.25, 0.3) is 0 Å². The molecule has 1 aromatic carbocycles. The van der Waals surface area contributed by atoms with Crippen molar-refractivity contribution in [2.24, 2.45) is 0 Å². The molecule has 0 fully saturated rings. The first kappa shape index (κ1) is 16.8. The maximum atomic E-state index is 11.8. The van der Waals surface area contributed by atoms with Crippen molar-refractivity contribution >= 4 is 23.2 Å². The fourth-order valence-electron chi connectivity index (χ4n) is 2.85. The SMILES string of the molecule is CC1(C)Oc2ccc(C#N)cc2C(n2cc(Cl)c(=O)c(Cl)c2)[C@@H]1O. The highest BCUT2D eigenvalue weighted by molar-refractivity contribution is 6.34. The monoisotopic (exact) mass is 364 g/mol. The Bertz CT molecular complexity index is 889. The van der Waals surface area contributed by atoms with Crippen LogP contribution >= 0.6 is 23.2 Å². The minimum atomic E-state index is -0.950. The van der Waals surface area contributed by atoms with E-state index >= 15 is 0 Å². The molecule has 0 amide bonds. The third-order valence-corrected chi connectivity index (χ3v) is 4.66. The third kappa shape index (κ3) is 2.67. The predicted octanol–water partition coefficient (Wildman–Crippen LogP) is 3.15. The Hall–Kier alpha value is -2.00. The van der Waals surface area contributed by atoms with Crippen LogP contribution in [0.3, 0.4) is 0 Å². The number of fused-ring (bicyclic) bond motifs is 1. The van der Waals surface area contributed by atoms with Gasteiger partial charge in [-0.15, -0.1) is 0 Å². The summed E-state index contributed by atoms with van der Waals surface area (Å²) < 4.78 is 7.45. The number of aliphatic hydroxyl groups is 1. The summed E-state index contributed by atoms with van der Waals surface area (Å²) >= 11 is 11.9. The summed E-state index contributed by atoms with van der Waals surface area (Å²) in [5.41, 5.74) is -0.293. The van der Waals surface area contributed by atoms with Gasteiger partial charge in [-0.25, -0.2) is 0 Å². The lowest BCUT2D eigenvalue weighted by molar-refractivity contribution is -0.0637. The molecular formula is C17H14Cl2N2O3. The normalized spacial score (nSPS) is 21.5. The van der Waals surface area contributed by atoms with Gasteiger partial charge in [0, 0.05) is 18.0 Å². The van der Waals surface area contributed by atoms with Crippen molar-refractivity contribution in [3.8, 4) is 11.8 Å². The van der Waals surface area contributed by atoms with Gasteiger partial charge in [0.2, 0.25) is 5.43 Å². The van der Waals surface area contributed by atoms with Crippen LogP contribution in [0.1, 0.15) is 31.0 Å². The van der Waals surface area contributed by atoms with Gasteiger partial charge in [-0.3, -0.25) is 4.79 Å². The van der Waals surface area contributed by atoms with Crippen LogP contribution in [0.2, 0.25) is 10.0 Å². The van der Waals surface area contributed by atoms with Crippen molar-refractivity contribution in [3.05, 3.63) is 62.0 Å². The second-order valence-electron chi connectivity index (χ2n) is 6.19. The molecule has 1 aliphatic heterocycles. The van der Waals surface area contributed by atoms with E-state index in [-0.39, 0.29) is 10.0 Å². The zero-order valence-corrected chi connectivity index (χ0v) is 14.5. The molecule has 0 radical (unpaired) electrons. The van der Waals surface area contributed by atoms with Crippen LogP contribution in [-0.4, -0.2) is 21.4 Å². The molecule has 24 heavy (non-hydrogen) atoms. The zero-order chi connectivity index (χ0) is 17.6. The topological polar surface area (TPSA) is 75.2 Å². The van der Waals surface area contributed by atoms with E-state index in [9.17, 15) is 9.90 Å². The van der Waals surface area contributed by atoms with E-state index in [2.05, 4.69) is 6.07 Å². The van der Waals surface area contributed by atoms with Crippen LogP contribution < -0.4 is 10.2 Å². The quantitative estimate of drug-likeness (QED) is 0.843. The Morgan fingerprint density at radius 3 is 2.50 bits per heavy atom. The summed E-state index contributed by atoms with van der Waals surface area (Å²) in [4.78, 5) is 11.8. The van der Waals surface area contributed by atoms with Crippen LogP contribution in [-0.2, 0) is 0 Å². The number of aromatic nitrogens is 1. The first-order valence-electron chi connectivity index (χ1n) is 7.22. The Kier molecular flexibility index (Phi) is 4.08. The van der Waals surface area contributed by atoms with Crippen molar-refractivity contribution in [2.75, 3.05) is 0 Å². The lowest BCUT2D eigenvalue weighted by Crippen LogP contribution is -2.50. The smallest absolute Gasteiger partial charge is 0.218 e. The molecule has 7 heteroatoms. The summed E-state index contributed by atoms with van der Waals surface area (Å²) in [7, 11) is 0. The minimum absolute atomic E-state index is 0.0445. The van der Waals surface area contributed by atoms with Crippen molar-refractivity contribution in [3.63, 3.8) is 0 Å². The molecule has 2 heterocycles. The molecule has 124 valence electrons. The van der Waals surface area contributed by atoms with Crippen molar-refractivity contribution in [2.45, 2.75) is 31.6 Å². The van der Waals surface area contributed by atoms with Gasteiger partial charge in [0.1, 0.15) is 27.5 Å². The molecule has 0 aliphatic carbocycles. The van der Waals surface area contributed by atoms with Gasteiger partial charge in [-0.05, 0) is 32.0 Å². The molecule has 1 N–H and O–H groups in total. The van der Waals surface area contributed by atoms with Crippen molar-refractivity contribution in [1.29, 1.82) is 5.26 Å². The van der Waals surface area contributed by atoms with Crippen LogP contribution in [0.4, 0.5) is 0 Å². The molecule has 0 bridgehead atoms. The number of aliphatic hydroxyl groups excluding tert-OH is 1. The molecule has 0 saturated carbocycles. The van der Waals surface area contributed by atoms with Crippen molar-refractivity contribution in [1.82, 2.24) is 4.57 Å². The molecule has 1 aliphatic rings. The number of benzene rings is 1. The summed E-state index contributed by atoms with van der Waals surface area (Å²) in [5.74, 6) is 0.556. The van der Waals surface area contributed by atoms with E-state index in [0.717, 1.165) is 0 Å². The predicted molar refractivity (Wildman–Crippen MR) is 90.7 cm³/mol. The van der Waals surface area contributed by atoms with Gasteiger partial charge < -0.3 is 14.4 Å². The molecule has 1 aromatic heterocycles. The van der Waals surface area contributed by atoms with E-state index in [0.29, 0.717) is 16.9 Å². The van der Waals surface area contributed by atoms with Gasteiger partial charge >= 0.3 is 0 Å². The van der Waals surface area contributed by atoms with Crippen LogP contribution in [0, 0.1) is 11.3 Å². The largest absolute Gasteiger partial charge is 0.485 e. The Morgan fingerprint density at radius 2 is 1.92 bits per heavy atom. The zero-order valence-electron chi connectivity index (χ0n) is 13.0. The summed E-state index contributed by atoms with van der Waals surface area (Å²) in [5, 5.41) is 19.9. The number of nitrogens with zero attached hydrogens (tertiary/aromatic N) is 2. The maximum Gasteiger partial charge on any atom is 0.218 e. The fourth-order valence-corrected chi connectivity index (χ4v) is 3.33. The van der Waals surface area contributed by atoms with E-state index in [1.54, 1.807) is 36.6 Å². The van der Waals surface area contributed by atoms with Gasteiger partial charge in [-0.2, -0.15) is 5.26 Å². The van der Waals surface area contributed by atoms with Gasteiger partial charge in [0.05, 0.1) is 17.7 Å². The molecule has 0 saturated heterocycles. The average Bonchev–Trinajstić information content (AvgIpc) is 2.53. The lowest BCUT2D eigenvalue weighted by Gasteiger charge is -2.43. The highest BCUT2D eigenvalue weighted by Crippen LogP contribution is 2.42. The summed E-state index contributed by atoms with van der Waals surface area (Å²) in [6, 6.07) is 6.46. The molecule has 0 spiro atoms.